The first-order chi connectivity index (χ1) is 8.39. The zero-order valence-electron chi connectivity index (χ0n) is 11.3. The van der Waals surface area contributed by atoms with Gasteiger partial charge in [-0.15, -0.1) is 0 Å². The van der Waals surface area contributed by atoms with Crippen molar-refractivity contribution in [3.63, 3.8) is 0 Å². The summed E-state index contributed by atoms with van der Waals surface area (Å²) in [6, 6.07) is 0. The molecule has 0 atom stereocenters. The van der Waals surface area contributed by atoms with Crippen LogP contribution in [-0.2, 0) is 24.1 Å². The van der Waals surface area contributed by atoms with E-state index in [1.165, 1.54) is 13.4 Å². The van der Waals surface area contributed by atoms with Crippen LogP contribution in [0, 0.1) is 0 Å². The monoisotopic (exact) mass is 281 g/mol. The highest BCUT2D eigenvalue weighted by molar-refractivity contribution is 7.90. The van der Waals surface area contributed by atoms with Crippen LogP contribution in [0.1, 0.15) is 12.8 Å². The van der Waals surface area contributed by atoms with Gasteiger partial charge >= 0.3 is 5.97 Å². The predicted octanol–water partition coefficient (Wildman–Crippen LogP) is -0.0674. The topological polar surface area (TPSA) is 72.9 Å². The van der Waals surface area contributed by atoms with Gasteiger partial charge in [-0.25, -0.2) is 8.42 Å². The lowest BCUT2D eigenvalue weighted by atomic mass is 10.3. The summed E-state index contributed by atoms with van der Waals surface area (Å²) in [7, 11) is 0.0330. The van der Waals surface area contributed by atoms with Gasteiger partial charge in [0, 0.05) is 26.5 Å². The van der Waals surface area contributed by atoms with E-state index in [9.17, 15) is 13.2 Å². The molecule has 0 bridgehead atoms. The molecule has 0 saturated carbocycles. The molecule has 0 spiro atoms. The number of hydrogen-bond acceptors (Lipinski definition) is 6. The van der Waals surface area contributed by atoms with Gasteiger partial charge in [0.1, 0.15) is 9.84 Å². The van der Waals surface area contributed by atoms with E-state index in [1.54, 1.807) is 7.11 Å². The van der Waals surface area contributed by atoms with Crippen LogP contribution in [0.2, 0.25) is 0 Å². The molecule has 0 fully saturated rings. The van der Waals surface area contributed by atoms with Crippen LogP contribution in [0.15, 0.2) is 0 Å². The van der Waals surface area contributed by atoms with Gasteiger partial charge < -0.3 is 14.4 Å². The van der Waals surface area contributed by atoms with Gasteiger partial charge in [0.05, 0.1) is 25.9 Å². The van der Waals surface area contributed by atoms with E-state index in [0.717, 1.165) is 0 Å². The highest BCUT2D eigenvalue weighted by atomic mass is 32.2. The van der Waals surface area contributed by atoms with Gasteiger partial charge in [0.25, 0.3) is 0 Å². The molecule has 0 aromatic heterocycles. The second-order valence-corrected chi connectivity index (χ2v) is 6.40. The Bertz CT molecular complexity index is 328. The van der Waals surface area contributed by atoms with Crippen molar-refractivity contribution in [1.82, 2.24) is 4.90 Å². The molecule has 0 aliphatic heterocycles. The smallest absolute Gasteiger partial charge is 0.306 e. The molecule has 18 heavy (non-hydrogen) atoms. The van der Waals surface area contributed by atoms with Gasteiger partial charge in [-0.2, -0.15) is 0 Å². The van der Waals surface area contributed by atoms with Crippen LogP contribution in [-0.4, -0.2) is 71.8 Å². The Labute approximate surface area is 109 Å². The lowest BCUT2D eigenvalue weighted by Crippen LogP contribution is -2.31. The van der Waals surface area contributed by atoms with Crippen LogP contribution < -0.4 is 0 Å². The zero-order valence-corrected chi connectivity index (χ0v) is 12.2. The van der Waals surface area contributed by atoms with Crippen molar-refractivity contribution in [2.75, 3.05) is 52.5 Å². The Hall–Kier alpha value is -0.660. The van der Waals surface area contributed by atoms with E-state index in [1.807, 2.05) is 4.90 Å². The third-order valence-electron chi connectivity index (χ3n) is 2.46. The van der Waals surface area contributed by atoms with Gasteiger partial charge in [-0.3, -0.25) is 4.79 Å². The van der Waals surface area contributed by atoms with E-state index in [-0.39, 0.29) is 11.7 Å². The normalized spacial score (nSPS) is 11.8. The van der Waals surface area contributed by atoms with E-state index in [0.29, 0.717) is 39.1 Å². The minimum Gasteiger partial charge on any atom is -0.469 e. The van der Waals surface area contributed by atoms with Gasteiger partial charge in [0.15, 0.2) is 0 Å². The molecule has 0 aromatic carbocycles. The first kappa shape index (κ1) is 17.3. The number of ether oxygens (including phenoxy) is 2. The van der Waals surface area contributed by atoms with Crippen molar-refractivity contribution in [3.05, 3.63) is 0 Å². The Morgan fingerprint density at radius 3 is 2.33 bits per heavy atom. The number of esters is 1. The molecule has 0 rings (SSSR count). The Kier molecular flexibility index (Phi) is 8.95. The van der Waals surface area contributed by atoms with Gasteiger partial charge in [-0.05, 0) is 13.0 Å². The third kappa shape index (κ3) is 10.5. The van der Waals surface area contributed by atoms with E-state index in [4.69, 9.17) is 4.74 Å². The van der Waals surface area contributed by atoms with Crippen molar-refractivity contribution in [2.24, 2.45) is 0 Å². The molecule has 6 nitrogen and oxygen atoms in total. The summed E-state index contributed by atoms with van der Waals surface area (Å²) in [6.07, 6.45) is 2.09. The Morgan fingerprint density at radius 1 is 1.17 bits per heavy atom. The summed E-state index contributed by atoms with van der Waals surface area (Å²) in [5, 5.41) is 0. The second-order valence-electron chi connectivity index (χ2n) is 4.14. The molecule has 0 radical (unpaired) electrons. The Morgan fingerprint density at radius 2 is 1.83 bits per heavy atom. The maximum atomic E-state index is 11.0. The highest BCUT2D eigenvalue weighted by Gasteiger charge is 2.10. The van der Waals surface area contributed by atoms with Crippen LogP contribution in [0.5, 0.6) is 0 Å². The molecule has 108 valence electrons. The molecule has 7 heteroatoms. The molecule has 0 aliphatic rings. The summed E-state index contributed by atoms with van der Waals surface area (Å²) < 4.78 is 31.6. The summed E-state index contributed by atoms with van der Waals surface area (Å²) in [5.74, 6) is -0.102. The van der Waals surface area contributed by atoms with Gasteiger partial charge in [0.2, 0.25) is 0 Å². The van der Waals surface area contributed by atoms with E-state index >= 15 is 0 Å². The van der Waals surface area contributed by atoms with E-state index in [2.05, 4.69) is 4.74 Å². The van der Waals surface area contributed by atoms with Crippen molar-refractivity contribution >= 4 is 15.8 Å². The van der Waals surface area contributed by atoms with Crippen molar-refractivity contribution < 1.29 is 22.7 Å². The summed E-state index contributed by atoms with van der Waals surface area (Å²) in [4.78, 5) is 13.1. The van der Waals surface area contributed by atoms with Crippen LogP contribution in [0.4, 0.5) is 0 Å². The minimum absolute atomic E-state index is 0.161. The number of hydrogen-bond donors (Lipinski definition) is 0. The van der Waals surface area contributed by atoms with Crippen molar-refractivity contribution in [3.8, 4) is 0 Å². The largest absolute Gasteiger partial charge is 0.469 e. The standard InChI is InChI=1S/C11H23NO5S/c1-16-9-8-12(7-5-11(13)17-2)6-4-10-18(3,14)15/h4-10H2,1-3H3. The number of nitrogens with zero attached hydrogens (tertiary/aromatic N) is 1. The molecule has 0 N–H and O–H groups in total. The quantitative estimate of drug-likeness (QED) is 0.522. The Balaban J connectivity index is 4.01. The van der Waals surface area contributed by atoms with Crippen molar-refractivity contribution in [1.29, 1.82) is 0 Å². The molecule has 0 heterocycles. The third-order valence-corrected chi connectivity index (χ3v) is 3.49. The lowest BCUT2D eigenvalue weighted by Gasteiger charge is -2.21. The molecular formula is C11H23NO5S. The SMILES string of the molecule is COCCN(CCCS(C)(=O)=O)CCC(=O)OC. The zero-order chi connectivity index (χ0) is 14.0. The van der Waals surface area contributed by atoms with Crippen LogP contribution >= 0.6 is 0 Å². The van der Waals surface area contributed by atoms with Gasteiger partial charge in [-0.1, -0.05) is 0 Å². The number of methoxy groups -OCH3 is 2. The fourth-order valence-electron chi connectivity index (χ4n) is 1.46. The average Bonchev–Trinajstić information content (AvgIpc) is 2.29. The number of carbonyl (C=O) groups is 1. The number of sulfone groups is 1. The minimum atomic E-state index is -2.93. The fourth-order valence-corrected chi connectivity index (χ4v) is 2.11. The van der Waals surface area contributed by atoms with E-state index < -0.39 is 9.84 Å². The lowest BCUT2D eigenvalue weighted by molar-refractivity contribution is -0.141. The molecule has 0 saturated heterocycles. The highest BCUT2D eigenvalue weighted by Crippen LogP contribution is 1.98. The maximum absolute atomic E-state index is 11.0. The average molecular weight is 281 g/mol. The second kappa shape index (κ2) is 9.29. The molecule has 0 unspecified atom stereocenters. The van der Waals surface area contributed by atoms with Crippen LogP contribution in [0.3, 0.4) is 0 Å². The van der Waals surface area contributed by atoms with Crippen LogP contribution in [0.25, 0.3) is 0 Å². The molecule has 0 amide bonds. The number of carbonyl (C=O) groups excluding carboxylic acids is 1. The first-order valence-electron chi connectivity index (χ1n) is 5.85. The molecular weight excluding hydrogens is 258 g/mol. The predicted molar refractivity (Wildman–Crippen MR) is 69.3 cm³/mol. The fraction of sp³-hybridized carbons (Fsp3) is 0.909. The maximum Gasteiger partial charge on any atom is 0.306 e. The summed E-state index contributed by atoms with van der Waals surface area (Å²) in [5.41, 5.74) is 0. The summed E-state index contributed by atoms with van der Waals surface area (Å²) in [6.45, 7) is 2.42. The van der Waals surface area contributed by atoms with Crippen molar-refractivity contribution in [2.45, 2.75) is 12.8 Å². The first-order valence-corrected chi connectivity index (χ1v) is 7.91. The summed E-state index contributed by atoms with van der Waals surface area (Å²) >= 11 is 0. The molecule has 0 aromatic rings. The number of rotatable bonds is 10. The molecule has 0 aliphatic carbocycles.